The van der Waals surface area contributed by atoms with Crippen LogP contribution in [0.2, 0.25) is 0 Å². The lowest BCUT2D eigenvalue weighted by Crippen LogP contribution is -2.33. The van der Waals surface area contributed by atoms with Crippen molar-refractivity contribution in [3.05, 3.63) is 29.8 Å². The zero-order chi connectivity index (χ0) is 15.3. The fourth-order valence-corrected chi connectivity index (χ4v) is 2.88. The lowest BCUT2D eigenvalue weighted by molar-refractivity contribution is -0.137. The van der Waals surface area contributed by atoms with Crippen LogP contribution in [0.5, 0.6) is 0 Å². The molecule has 0 aliphatic carbocycles. The van der Waals surface area contributed by atoms with E-state index in [9.17, 15) is 18.0 Å². The lowest BCUT2D eigenvalue weighted by atomic mass is 10.2. The molecule has 0 aliphatic rings. The quantitative estimate of drug-likeness (QED) is 0.742. The van der Waals surface area contributed by atoms with Crippen LogP contribution in [0.1, 0.15) is 37.0 Å². The van der Waals surface area contributed by atoms with Gasteiger partial charge in [0.1, 0.15) is 0 Å². The van der Waals surface area contributed by atoms with E-state index in [2.05, 4.69) is 4.72 Å². The summed E-state index contributed by atoms with van der Waals surface area (Å²) in [5, 5.41) is 8.55. The van der Waals surface area contributed by atoms with Gasteiger partial charge in [-0.2, -0.15) is 0 Å². The Morgan fingerprint density at radius 2 is 1.80 bits per heavy atom. The van der Waals surface area contributed by atoms with Crippen LogP contribution >= 0.6 is 0 Å². The molecule has 0 saturated heterocycles. The number of Topliss-reactive ketones (excluding diaryl/α,β-unsaturated/α-hetero) is 1. The van der Waals surface area contributed by atoms with Crippen molar-refractivity contribution in [2.24, 2.45) is 0 Å². The van der Waals surface area contributed by atoms with Crippen molar-refractivity contribution in [3.63, 3.8) is 0 Å². The third-order valence-electron chi connectivity index (χ3n) is 2.72. The molecule has 1 rings (SSSR count). The number of carbonyl (C=O) groups is 2. The molecular formula is C13H17NO5S. The van der Waals surface area contributed by atoms with Gasteiger partial charge in [0.25, 0.3) is 0 Å². The monoisotopic (exact) mass is 299 g/mol. The summed E-state index contributed by atoms with van der Waals surface area (Å²) in [6.45, 7) is 3.00. The first-order valence-electron chi connectivity index (χ1n) is 6.07. The van der Waals surface area contributed by atoms with Gasteiger partial charge in [0, 0.05) is 18.0 Å². The molecule has 2 N–H and O–H groups in total. The van der Waals surface area contributed by atoms with E-state index in [0.29, 0.717) is 5.56 Å². The summed E-state index contributed by atoms with van der Waals surface area (Å²) in [6.07, 6.45) is 0.104. The fourth-order valence-electron chi connectivity index (χ4n) is 1.60. The van der Waals surface area contributed by atoms with Gasteiger partial charge in [-0.3, -0.25) is 9.59 Å². The summed E-state index contributed by atoms with van der Waals surface area (Å²) >= 11 is 0. The van der Waals surface area contributed by atoms with E-state index in [1.165, 1.54) is 31.2 Å². The van der Waals surface area contributed by atoms with E-state index >= 15 is 0 Å². The number of ketones is 1. The largest absolute Gasteiger partial charge is 0.481 e. The van der Waals surface area contributed by atoms with Crippen LogP contribution in [-0.4, -0.2) is 31.3 Å². The molecule has 1 atom stereocenters. The molecule has 0 amide bonds. The maximum atomic E-state index is 12.0. The smallest absolute Gasteiger partial charge is 0.303 e. The maximum absolute atomic E-state index is 12.0. The molecule has 0 aliphatic heterocycles. The maximum Gasteiger partial charge on any atom is 0.303 e. The molecule has 0 fully saturated rings. The van der Waals surface area contributed by atoms with Crippen molar-refractivity contribution in [1.29, 1.82) is 0 Å². The number of hydrogen-bond donors (Lipinski definition) is 2. The summed E-state index contributed by atoms with van der Waals surface area (Å²) in [5.74, 6) is -1.11. The van der Waals surface area contributed by atoms with E-state index in [0.717, 1.165) is 0 Å². The molecule has 7 heteroatoms. The van der Waals surface area contributed by atoms with E-state index in [1.807, 2.05) is 0 Å². The van der Waals surface area contributed by atoms with Gasteiger partial charge in [0.2, 0.25) is 10.0 Å². The topological polar surface area (TPSA) is 101 Å². The highest BCUT2D eigenvalue weighted by molar-refractivity contribution is 7.89. The average Bonchev–Trinajstić information content (AvgIpc) is 2.36. The van der Waals surface area contributed by atoms with Gasteiger partial charge in [-0.1, -0.05) is 12.1 Å². The number of aliphatic carboxylic acids is 1. The summed E-state index contributed by atoms with van der Waals surface area (Å²) in [4.78, 5) is 21.6. The predicted octanol–water partition coefficient (Wildman–Crippen LogP) is 1.42. The molecule has 0 bridgehead atoms. The molecule has 1 aromatic carbocycles. The third kappa shape index (κ3) is 4.75. The number of carboxylic acids is 1. The molecule has 110 valence electrons. The predicted molar refractivity (Wildman–Crippen MR) is 73.1 cm³/mol. The molecule has 20 heavy (non-hydrogen) atoms. The Balaban J connectivity index is 2.78. The van der Waals surface area contributed by atoms with Crippen molar-refractivity contribution >= 4 is 21.8 Å². The van der Waals surface area contributed by atoms with Crippen LogP contribution in [0.4, 0.5) is 0 Å². The number of hydrogen-bond acceptors (Lipinski definition) is 4. The highest BCUT2D eigenvalue weighted by Crippen LogP contribution is 2.12. The van der Waals surface area contributed by atoms with Gasteiger partial charge < -0.3 is 5.11 Å². The highest BCUT2D eigenvalue weighted by atomic mass is 32.2. The second-order valence-corrected chi connectivity index (χ2v) is 6.25. The van der Waals surface area contributed by atoms with Crippen LogP contribution < -0.4 is 4.72 Å². The van der Waals surface area contributed by atoms with Gasteiger partial charge in [-0.25, -0.2) is 13.1 Å². The molecule has 0 aromatic heterocycles. The Morgan fingerprint density at radius 1 is 1.25 bits per heavy atom. The number of sulfonamides is 1. The SMILES string of the molecule is CC(=O)c1ccc(S(=O)(=O)NC(C)CCC(=O)O)cc1. The van der Waals surface area contributed by atoms with E-state index in [4.69, 9.17) is 5.11 Å². The first-order chi connectivity index (χ1) is 9.22. The van der Waals surface area contributed by atoms with E-state index in [-0.39, 0.29) is 23.5 Å². The lowest BCUT2D eigenvalue weighted by Gasteiger charge is -2.13. The summed E-state index contributed by atoms with van der Waals surface area (Å²) in [6, 6.07) is 5.10. The average molecular weight is 299 g/mol. The first kappa shape index (κ1) is 16.3. The van der Waals surface area contributed by atoms with Gasteiger partial charge >= 0.3 is 5.97 Å². The molecule has 6 nitrogen and oxygen atoms in total. The Bertz CT molecular complexity index is 592. The Morgan fingerprint density at radius 3 is 2.25 bits per heavy atom. The minimum absolute atomic E-state index is 0.0460. The van der Waals surface area contributed by atoms with Crippen molar-refractivity contribution in [3.8, 4) is 0 Å². The standard InChI is InChI=1S/C13H17NO5S/c1-9(3-8-13(16)17)14-20(18,19)12-6-4-11(5-7-12)10(2)15/h4-7,9,14H,3,8H2,1-2H3,(H,16,17). The van der Waals surface area contributed by atoms with Gasteiger partial charge in [-0.15, -0.1) is 0 Å². The Kier molecular flexibility index (Phi) is 5.41. The number of benzene rings is 1. The van der Waals surface area contributed by atoms with Crippen molar-refractivity contribution in [2.45, 2.75) is 37.6 Å². The van der Waals surface area contributed by atoms with Gasteiger partial charge in [0.05, 0.1) is 4.90 Å². The number of carbonyl (C=O) groups excluding carboxylic acids is 1. The number of nitrogens with one attached hydrogen (secondary N) is 1. The zero-order valence-corrected chi connectivity index (χ0v) is 12.1. The molecule has 0 spiro atoms. The first-order valence-corrected chi connectivity index (χ1v) is 7.56. The molecule has 0 heterocycles. The second kappa shape index (κ2) is 6.62. The number of carboxylic acid groups (broad SMARTS) is 1. The molecule has 1 unspecified atom stereocenters. The van der Waals surface area contributed by atoms with Crippen LogP contribution in [0.3, 0.4) is 0 Å². The fraction of sp³-hybridized carbons (Fsp3) is 0.385. The summed E-state index contributed by atoms with van der Waals surface area (Å²) in [7, 11) is -3.70. The van der Waals surface area contributed by atoms with Crippen molar-refractivity contribution in [2.75, 3.05) is 0 Å². The minimum Gasteiger partial charge on any atom is -0.481 e. The molecule has 0 radical (unpaired) electrons. The normalized spacial score (nSPS) is 12.9. The van der Waals surface area contributed by atoms with Crippen LogP contribution in [0.25, 0.3) is 0 Å². The van der Waals surface area contributed by atoms with Crippen LogP contribution in [0, 0.1) is 0 Å². The van der Waals surface area contributed by atoms with Gasteiger partial charge in [0.15, 0.2) is 5.78 Å². The van der Waals surface area contributed by atoms with Crippen LogP contribution in [0.15, 0.2) is 29.2 Å². The Hall–Kier alpha value is -1.73. The third-order valence-corrected chi connectivity index (χ3v) is 4.32. The molecule has 1 aromatic rings. The Labute approximate surface area is 117 Å². The molecular weight excluding hydrogens is 282 g/mol. The van der Waals surface area contributed by atoms with Crippen molar-refractivity contribution in [1.82, 2.24) is 4.72 Å². The van der Waals surface area contributed by atoms with E-state index in [1.54, 1.807) is 6.92 Å². The summed E-state index contributed by atoms with van der Waals surface area (Å²) < 4.78 is 26.5. The minimum atomic E-state index is -3.70. The molecule has 0 saturated carbocycles. The second-order valence-electron chi connectivity index (χ2n) is 4.54. The van der Waals surface area contributed by atoms with E-state index < -0.39 is 22.0 Å². The number of rotatable bonds is 7. The van der Waals surface area contributed by atoms with Gasteiger partial charge in [-0.05, 0) is 32.4 Å². The summed E-state index contributed by atoms with van der Waals surface area (Å²) in [5.41, 5.74) is 0.433. The van der Waals surface area contributed by atoms with Crippen molar-refractivity contribution < 1.29 is 23.1 Å². The zero-order valence-electron chi connectivity index (χ0n) is 11.3. The highest BCUT2D eigenvalue weighted by Gasteiger charge is 2.18. The van der Waals surface area contributed by atoms with Crippen LogP contribution in [-0.2, 0) is 14.8 Å².